The molecular weight excluding hydrogens is 268 g/mol. The van der Waals surface area contributed by atoms with E-state index in [1.807, 2.05) is 0 Å². The number of aryl methyl sites for hydroxylation is 4. The molecule has 0 radical (unpaired) electrons. The molecule has 3 rings (SSSR count). The first-order chi connectivity index (χ1) is 10.6. The van der Waals surface area contributed by atoms with Crippen LogP contribution in [0.2, 0.25) is 0 Å². The molecule has 2 aromatic carbocycles. The standard InChI is InChI=1S/C20H20N2/c1-13-7-5-8-14(2)19(13)17-11-18(22-12-21-17)20-15(3)9-6-10-16(20)4/h5-12H,1-4H3. The van der Waals surface area contributed by atoms with Crippen LogP contribution in [0.25, 0.3) is 22.5 Å². The molecule has 22 heavy (non-hydrogen) atoms. The Labute approximate surface area is 131 Å². The molecule has 0 N–H and O–H groups in total. The van der Waals surface area contributed by atoms with E-state index < -0.39 is 0 Å². The fourth-order valence-electron chi connectivity index (χ4n) is 3.07. The Hall–Kier alpha value is -2.48. The average Bonchev–Trinajstić information content (AvgIpc) is 2.47. The number of hydrogen-bond acceptors (Lipinski definition) is 2. The van der Waals surface area contributed by atoms with Gasteiger partial charge in [-0.2, -0.15) is 0 Å². The molecule has 0 bridgehead atoms. The lowest BCUT2D eigenvalue weighted by atomic mass is 9.96. The summed E-state index contributed by atoms with van der Waals surface area (Å²) < 4.78 is 0. The third-order valence-corrected chi connectivity index (χ3v) is 4.14. The summed E-state index contributed by atoms with van der Waals surface area (Å²) in [6.45, 7) is 8.51. The molecule has 0 fully saturated rings. The predicted octanol–water partition coefficient (Wildman–Crippen LogP) is 5.04. The van der Waals surface area contributed by atoms with Crippen molar-refractivity contribution in [3.63, 3.8) is 0 Å². The van der Waals surface area contributed by atoms with Crippen LogP contribution in [0.1, 0.15) is 22.3 Å². The highest BCUT2D eigenvalue weighted by Crippen LogP contribution is 2.30. The van der Waals surface area contributed by atoms with E-state index in [1.165, 1.54) is 33.4 Å². The molecule has 0 saturated heterocycles. The smallest absolute Gasteiger partial charge is 0.116 e. The van der Waals surface area contributed by atoms with Crippen LogP contribution < -0.4 is 0 Å². The normalized spacial score (nSPS) is 10.7. The third-order valence-electron chi connectivity index (χ3n) is 4.14. The molecule has 2 nitrogen and oxygen atoms in total. The van der Waals surface area contributed by atoms with Crippen LogP contribution in [-0.2, 0) is 0 Å². The van der Waals surface area contributed by atoms with Crippen molar-refractivity contribution in [3.8, 4) is 22.5 Å². The zero-order valence-electron chi connectivity index (χ0n) is 13.5. The Balaban J connectivity index is 2.19. The zero-order valence-corrected chi connectivity index (χ0v) is 13.5. The van der Waals surface area contributed by atoms with Crippen molar-refractivity contribution in [1.82, 2.24) is 9.97 Å². The second-order valence-electron chi connectivity index (χ2n) is 5.82. The molecule has 0 aliphatic rings. The van der Waals surface area contributed by atoms with Gasteiger partial charge in [-0.15, -0.1) is 0 Å². The summed E-state index contributed by atoms with van der Waals surface area (Å²) in [5.41, 5.74) is 9.36. The quantitative estimate of drug-likeness (QED) is 0.660. The van der Waals surface area contributed by atoms with Crippen molar-refractivity contribution in [2.24, 2.45) is 0 Å². The highest BCUT2D eigenvalue weighted by Gasteiger charge is 2.11. The fourth-order valence-corrected chi connectivity index (χ4v) is 3.07. The van der Waals surface area contributed by atoms with Gasteiger partial charge in [0, 0.05) is 11.1 Å². The molecule has 0 aliphatic heterocycles. The maximum atomic E-state index is 4.51. The third kappa shape index (κ3) is 2.52. The molecule has 1 aromatic heterocycles. The van der Waals surface area contributed by atoms with Gasteiger partial charge >= 0.3 is 0 Å². The van der Waals surface area contributed by atoms with Crippen molar-refractivity contribution in [3.05, 3.63) is 71.0 Å². The monoisotopic (exact) mass is 288 g/mol. The van der Waals surface area contributed by atoms with Gasteiger partial charge < -0.3 is 0 Å². The van der Waals surface area contributed by atoms with Crippen LogP contribution in [0.15, 0.2) is 48.8 Å². The summed E-state index contributed by atoms with van der Waals surface area (Å²) >= 11 is 0. The van der Waals surface area contributed by atoms with Gasteiger partial charge in [0.05, 0.1) is 11.4 Å². The van der Waals surface area contributed by atoms with Gasteiger partial charge in [0.15, 0.2) is 0 Å². The predicted molar refractivity (Wildman–Crippen MR) is 91.9 cm³/mol. The minimum Gasteiger partial charge on any atom is -0.236 e. The summed E-state index contributed by atoms with van der Waals surface area (Å²) in [4.78, 5) is 9.01. The van der Waals surface area contributed by atoms with Gasteiger partial charge in [-0.05, 0) is 56.0 Å². The minimum atomic E-state index is 0.989. The van der Waals surface area contributed by atoms with Crippen LogP contribution in [-0.4, -0.2) is 9.97 Å². The molecule has 0 aliphatic carbocycles. The molecule has 0 unspecified atom stereocenters. The van der Waals surface area contributed by atoms with E-state index in [2.05, 4.69) is 80.1 Å². The Morgan fingerprint density at radius 1 is 0.591 bits per heavy atom. The van der Waals surface area contributed by atoms with Crippen molar-refractivity contribution in [2.75, 3.05) is 0 Å². The Morgan fingerprint density at radius 3 is 1.32 bits per heavy atom. The van der Waals surface area contributed by atoms with Crippen LogP contribution >= 0.6 is 0 Å². The van der Waals surface area contributed by atoms with Crippen LogP contribution in [0.4, 0.5) is 0 Å². The van der Waals surface area contributed by atoms with E-state index in [1.54, 1.807) is 6.33 Å². The SMILES string of the molecule is Cc1cccc(C)c1-c1cc(-c2c(C)cccc2C)ncn1. The van der Waals surface area contributed by atoms with Crippen molar-refractivity contribution in [2.45, 2.75) is 27.7 Å². The van der Waals surface area contributed by atoms with Crippen molar-refractivity contribution < 1.29 is 0 Å². The molecule has 0 atom stereocenters. The second kappa shape index (κ2) is 5.72. The highest BCUT2D eigenvalue weighted by atomic mass is 14.8. The van der Waals surface area contributed by atoms with Gasteiger partial charge in [0.1, 0.15) is 6.33 Å². The zero-order chi connectivity index (χ0) is 15.7. The van der Waals surface area contributed by atoms with Crippen LogP contribution in [0.3, 0.4) is 0 Å². The first-order valence-electron chi connectivity index (χ1n) is 7.53. The number of benzene rings is 2. The Morgan fingerprint density at radius 2 is 0.955 bits per heavy atom. The lowest BCUT2D eigenvalue weighted by Gasteiger charge is -2.12. The van der Waals surface area contributed by atoms with E-state index in [-0.39, 0.29) is 0 Å². The maximum absolute atomic E-state index is 4.51. The van der Waals surface area contributed by atoms with E-state index in [9.17, 15) is 0 Å². The molecule has 0 amide bonds. The highest BCUT2D eigenvalue weighted by molar-refractivity contribution is 5.74. The minimum absolute atomic E-state index is 0.989. The topological polar surface area (TPSA) is 25.8 Å². The Bertz CT molecular complexity index is 728. The first-order valence-corrected chi connectivity index (χ1v) is 7.53. The molecular formula is C20H20N2. The van der Waals surface area contributed by atoms with Crippen LogP contribution in [0.5, 0.6) is 0 Å². The van der Waals surface area contributed by atoms with Gasteiger partial charge in [-0.1, -0.05) is 36.4 Å². The summed E-state index contributed by atoms with van der Waals surface area (Å²) in [6, 6.07) is 14.8. The average molecular weight is 288 g/mol. The summed E-state index contributed by atoms with van der Waals surface area (Å²) in [5.74, 6) is 0. The summed E-state index contributed by atoms with van der Waals surface area (Å²) in [5, 5.41) is 0. The molecule has 2 heteroatoms. The van der Waals surface area contributed by atoms with Gasteiger partial charge in [-0.3, -0.25) is 0 Å². The van der Waals surface area contributed by atoms with E-state index in [0.717, 1.165) is 11.4 Å². The lowest BCUT2D eigenvalue weighted by molar-refractivity contribution is 1.16. The summed E-state index contributed by atoms with van der Waals surface area (Å²) in [6.07, 6.45) is 1.67. The van der Waals surface area contributed by atoms with E-state index in [4.69, 9.17) is 0 Å². The lowest BCUT2D eigenvalue weighted by Crippen LogP contribution is -1.96. The van der Waals surface area contributed by atoms with Crippen LogP contribution in [0, 0.1) is 27.7 Å². The van der Waals surface area contributed by atoms with Gasteiger partial charge in [-0.25, -0.2) is 9.97 Å². The second-order valence-corrected chi connectivity index (χ2v) is 5.82. The Kier molecular flexibility index (Phi) is 3.76. The maximum Gasteiger partial charge on any atom is 0.116 e. The number of hydrogen-bond donors (Lipinski definition) is 0. The van der Waals surface area contributed by atoms with E-state index >= 15 is 0 Å². The molecule has 0 saturated carbocycles. The summed E-state index contributed by atoms with van der Waals surface area (Å²) in [7, 11) is 0. The van der Waals surface area contributed by atoms with Gasteiger partial charge in [0.2, 0.25) is 0 Å². The van der Waals surface area contributed by atoms with Gasteiger partial charge in [0.25, 0.3) is 0 Å². The number of rotatable bonds is 2. The largest absolute Gasteiger partial charge is 0.236 e. The molecule has 3 aromatic rings. The van der Waals surface area contributed by atoms with Crippen molar-refractivity contribution >= 4 is 0 Å². The van der Waals surface area contributed by atoms with Crippen molar-refractivity contribution in [1.29, 1.82) is 0 Å². The van der Waals surface area contributed by atoms with E-state index in [0.29, 0.717) is 0 Å². The molecule has 110 valence electrons. The fraction of sp³-hybridized carbons (Fsp3) is 0.200. The first kappa shape index (κ1) is 14.5. The molecule has 1 heterocycles. The number of nitrogens with zero attached hydrogens (tertiary/aromatic N) is 2. The molecule has 0 spiro atoms. The number of aromatic nitrogens is 2.